The molecule has 0 aromatic heterocycles. The van der Waals surface area contributed by atoms with Gasteiger partial charge in [0.15, 0.2) is 5.78 Å². The van der Waals surface area contributed by atoms with E-state index in [4.69, 9.17) is 4.74 Å². The summed E-state index contributed by atoms with van der Waals surface area (Å²) in [4.78, 5) is 23.8. The van der Waals surface area contributed by atoms with Gasteiger partial charge in [0.2, 0.25) is 0 Å². The number of halogens is 1. The Morgan fingerprint density at radius 2 is 2.12 bits per heavy atom. The first kappa shape index (κ1) is 16.3. The molecular weight excluding hydrogens is 368 g/mol. The number of rotatable bonds is 1. The monoisotopic (exact) mass is 390 g/mol. The van der Waals surface area contributed by atoms with Crippen molar-refractivity contribution in [2.75, 3.05) is 0 Å². The lowest BCUT2D eigenvalue weighted by Gasteiger charge is -2.48. The number of benzene rings is 1. The Balaban J connectivity index is 1.65. The maximum atomic E-state index is 12.6. The number of esters is 1. The Bertz CT molecular complexity index is 713. The summed E-state index contributed by atoms with van der Waals surface area (Å²) in [5.41, 5.74) is 2.60. The van der Waals surface area contributed by atoms with Gasteiger partial charge in [0.1, 0.15) is 5.75 Å². The van der Waals surface area contributed by atoms with Crippen molar-refractivity contribution in [1.29, 1.82) is 0 Å². The number of alkyl halides is 1. The average molecular weight is 391 g/mol. The van der Waals surface area contributed by atoms with Crippen LogP contribution in [0.4, 0.5) is 0 Å². The molecule has 3 aliphatic carbocycles. The molecule has 0 bridgehead atoms. The van der Waals surface area contributed by atoms with Gasteiger partial charge < -0.3 is 4.74 Å². The van der Waals surface area contributed by atoms with Crippen molar-refractivity contribution in [2.24, 2.45) is 17.3 Å². The van der Waals surface area contributed by atoms with Crippen LogP contribution in [0, 0.1) is 17.3 Å². The lowest BCUT2D eigenvalue weighted by atomic mass is 9.55. The highest BCUT2D eigenvalue weighted by atomic mass is 79.9. The number of hydrogen-bond donors (Lipinski definition) is 0. The Hall–Kier alpha value is -1.16. The van der Waals surface area contributed by atoms with Crippen LogP contribution in [0.1, 0.15) is 56.6 Å². The van der Waals surface area contributed by atoms with Gasteiger partial charge in [-0.15, -0.1) is 0 Å². The van der Waals surface area contributed by atoms with Gasteiger partial charge in [-0.3, -0.25) is 9.59 Å². The molecule has 128 valence electrons. The molecule has 1 aromatic rings. The van der Waals surface area contributed by atoms with Gasteiger partial charge in [0.25, 0.3) is 0 Å². The summed E-state index contributed by atoms with van der Waals surface area (Å²) in [6, 6.07) is 6.10. The molecule has 4 heteroatoms. The quantitative estimate of drug-likeness (QED) is 0.405. The molecular formula is C20H23BrO3. The van der Waals surface area contributed by atoms with Crippen molar-refractivity contribution in [3.8, 4) is 5.75 Å². The largest absolute Gasteiger partial charge is 0.427 e. The maximum absolute atomic E-state index is 12.6. The molecule has 0 heterocycles. The minimum atomic E-state index is -0.273. The third-order valence-corrected chi connectivity index (χ3v) is 7.45. The van der Waals surface area contributed by atoms with Crippen LogP contribution in [0.2, 0.25) is 0 Å². The van der Waals surface area contributed by atoms with Gasteiger partial charge in [-0.05, 0) is 73.1 Å². The van der Waals surface area contributed by atoms with Crippen LogP contribution in [0.15, 0.2) is 18.2 Å². The molecule has 0 aliphatic heterocycles. The van der Waals surface area contributed by atoms with E-state index < -0.39 is 0 Å². The van der Waals surface area contributed by atoms with Crippen molar-refractivity contribution < 1.29 is 14.3 Å². The first-order valence-corrected chi connectivity index (χ1v) is 9.81. The van der Waals surface area contributed by atoms with E-state index in [0.717, 1.165) is 32.1 Å². The number of hydrogen-bond acceptors (Lipinski definition) is 3. The van der Waals surface area contributed by atoms with Gasteiger partial charge in [-0.2, -0.15) is 0 Å². The number of ketones is 1. The van der Waals surface area contributed by atoms with Crippen LogP contribution in [-0.4, -0.2) is 16.6 Å². The second-order valence-electron chi connectivity index (χ2n) is 7.89. The van der Waals surface area contributed by atoms with Crippen LogP contribution in [0.3, 0.4) is 0 Å². The molecule has 0 amide bonds. The van der Waals surface area contributed by atoms with Crippen LogP contribution < -0.4 is 4.74 Å². The van der Waals surface area contributed by atoms with Gasteiger partial charge in [-0.1, -0.05) is 28.9 Å². The highest BCUT2D eigenvalue weighted by molar-refractivity contribution is 9.10. The molecule has 2 fully saturated rings. The Morgan fingerprint density at radius 1 is 1.33 bits per heavy atom. The number of carbonyl (C=O) groups is 2. The zero-order valence-electron chi connectivity index (χ0n) is 14.2. The fourth-order valence-corrected chi connectivity index (χ4v) is 6.46. The Labute approximate surface area is 151 Å². The lowest BCUT2D eigenvalue weighted by Crippen LogP contribution is -2.42. The van der Waals surface area contributed by atoms with E-state index in [-0.39, 0.29) is 16.2 Å². The highest BCUT2D eigenvalue weighted by Crippen LogP contribution is 2.60. The number of Topliss-reactive ketones (excluding diaryl/α,β-unsaturated/α-hetero) is 1. The fraction of sp³-hybridized carbons (Fsp3) is 0.600. The van der Waals surface area contributed by atoms with E-state index in [1.165, 1.54) is 18.1 Å². The summed E-state index contributed by atoms with van der Waals surface area (Å²) in [5, 5.41) is 0. The van der Waals surface area contributed by atoms with E-state index >= 15 is 0 Å². The molecule has 3 aliphatic rings. The maximum Gasteiger partial charge on any atom is 0.308 e. The minimum absolute atomic E-state index is 0.0407. The van der Waals surface area contributed by atoms with Gasteiger partial charge in [0, 0.05) is 12.3 Å². The molecule has 0 saturated heterocycles. The molecule has 0 spiro atoms. The van der Waals surface area contributed by atoms with Crippen molar-refractivity contribution >= 4 is 27.7 Å². The second kappa shape index (κ2) is 5.69. The molecule has 0 N–H and O–H groups in total. The highest BCUT2D eigenvalue weighted by Gasteiger charge is 2.57. The van der Waals surface area contributed by atoms with E-state index in [1.807, 2.05) is 12.1 Å². The molecule has 2 saturated carbocycles. The summed E-state index contributed by atoms with van der Waals surface area (Å²) in [7, 11) is 0. The third kappa shape index (κ3) is 2.37. The molecule has 3 nitrogen and oxygen atoms in total. The van der Waals surface area contributed by atoms with Crippen molar-refractivity contribution in [3.05, 3.63) is 29.3 Å². The predicted octanol–water partition coefficient (Wildman–Crippen LogP) is 4.41. The minimum Gasteiger partial charge on any atom is -0.427 e. The zero-order chi connectivity index (χ0) is 17.1. The summed E-state index contributed by atoms with van der Waals surface area (Å²) in [6.45, 7) is 3.63. The van der Waals surface area contributed by atoms with Gasteiger partial charge >= 0.3 is 5.97 Å². The van der Waals surface area contributed by atoms with E-state index in [9.17, 15) is 9.59 Å². The van der Waals surface area contributed by atoms with Crippen LogP contribution in [-0.2, 0) is 16.0 Å². The summed E-state index contributed by atoms with van der Waals surface area (Å²) >= 11 is 3.61. The Kier molecular flexibility index (Phi) is 3.87. The third-order valence-electron chi connectivity index (χ3n) is 6.66. The average Bonchev–Trinajstić information content (AvgIpc) is 2.77. The SMILES string of the molecule is CC(=O)Oc1ccc2c(c1)CC[C@H]1[C@@H]2CC[C@]2(C)C(=O)[C@H](Br)C[C@H]12. The normalized spacial score (nSPS) is 37.4. The molecule has 24 heavy (non-hydrogen) atoms. The van der Waals surface area contributed by atoms with E-state index in [1.54, 1.807) is 0 Å². The molecule has 0 radical (unpaired) electrons. The van der Waals surface area contributed by atoms with Crippen LogP contribution in [0.25, 0.3) is 0 Å². The van der Waals surface area contributed by atoms with E-state index in [2.05, 4.69) is 28.9 Å². The Morgan fingerprint density at radius 3 is 2.88 bits per heavy atom. The van der Waals surface area contributed by atoms with Crippen molar-refractivity contribution in [1.82, 2.24) is 0 Å². The van der Waals surface area contributed by atoms with Crippen molar-refractivity contribution in [2.45, 2.75) is 56.7 Å². The van der Waals surface area contributed by atoms with E-state index in [0.29, 0.717) is 29.3 Å². The smallest absolute Gasteiger partial charge is 0.308 e. The fourth-order valence-electron chi connectivity index (χ4n) is 5.54. The molecule has 0 unspecified atom stereocenters. The first-order valence-electron chi connectivity index (χ1n) is 8.90. The predicted molar refractivity (Wildman–Crippen MR) is 95.5 cm³/mol. The van der Waals surface area contributed by atoms with Gasteiger partial charge in [-0.25, -0.2) is 0 Å². The molecule has 4 rings (SSSR count). The number of fused-ring (bicyclic) bond motifs is 5. The topological polar surface area (TPSA) is 43.4 Å². The number of ether oxygens (including phenoxy) is 1. The lowest BCUT2D eigenvalue weighted by molar-refractivity contribution is -0.132. The second-order valence-corrected chi connectivity index (χ2v) is 9.00. The first-order chi connectivity index (χ1) is 11.4. The van der Waals surface area contributed by atoms with Crippen LogP contribution >= 0.6 is 15.9 Å². The molecule has 1 aromatic carbocycles. The number of aryl methyl sites for hydroxylation is 1. The van der Waals surface area contributed by atoms with Crippen LogP contribution in [0.5, 0.6) is 5.75 Å². The standard InChI is InChI=1S/C20H23BrO3/c1-11(22)24-13-4-6-14-12(9-13)3-5-16-15(14)7-8-20(2)17(16)10-18(21)19(20)23/h4,6,9,15-18H,3,5,7-8,10H2,1-2H3/t15-,16+,17-,18-,20+/m1/s1. The summed E-state index contributed by atoms with van der Waals surface area (Å²) in [6.07, 6.45) is 5.21. The van der Waals surface area contributed by atoms with Gasteiger partial charge in [0.05, 0.1) is 4.83 Å². The van der Waals surface area contributed by atoms with Crippen molar-refractivity contribution in [3.63, 3.8) is 0 Å². The summed E-state index contributed by atoms with van der Waals surface area (Å²) in [5.74, 6) is 2.43. The summed E-state index contributed by atoms with van der Waals surface area (Å²) < 4.78 is 5.24. The number of carbonyl (C=O) groups excluding carboxylic acids is 2. The zero-order valence-corrected chi connectivity index (χ0v) is 15.8. The molecule has 5 atom stereocenters.